The van der Waals surface area contributed by atoms with Crippen molar-refractivity contribution in [2.75, 3.05) is 18.6 Å². The van der Waals surface area contributed by atoms with Crippen LogP contribution in [0.2, 0.25) is 0 Å². The Morgan fingerprint density at radius 3 is 2.48 bits per heavy atom. The van der Waals surface area contributed by atoms with Gasteiger partial charge in [0, 0.05) is 11.0 Å². The Hall–Kier alpha value is -1.05. The number of carbonyl (C=O) groups excluding carboxylic acids is 2. The van der Waals surface area contributed by atoms with E-state index < -0.39 is 11.9 Å². The summed E-state index contributed by atoms with van der Waals surface area (Å²) in [4.78, 5) is 24.9. The highest BCUT2D eigenvalue weighted by Gasteiger charge is 2.22. The Balaban J connectivity index is 2.76. The van der Waals surface area contributed by atoms with Crippen LogP contribution >= 0.6 is 27.7 Å². The summed E-state index contributed by atoms with van der Waals surface area (Å²) in [5, 5.41) is 0. The van der Waals surface area contributed by atoms with Crippen molar-refractivity contribution < 1.29 is 9.59 Å². The molecule has 1 aromatic rings. The molecule has 4 N–H and O–H groups in total. The number of hydrogen-bond donors (Lipinski definition) is 2. The van der Waals surface area contributed by atoms with Crippen molar-refractivity contribution in [3.63, 3.8) is 0 Å². The van der Waals surface area contributed by atoms with Crippen molar-refractivity contribution >= 4 is 39.5 Å². The number of nitrogens with two attached hydrogens (primary N) is 2. The molecule has 1 aromatic carbocycles. The molecular weight excluding hydrogens is 354 g/mol. The van der Waals surface area contributed by atoms with Gasteiger partial charge in [0.2, 0.25) is 11.8 Å². The number of halogens is 1. The molecule has 0 saturated heterocycles. The van der Waals surface area contributed by atoms with E-state index in [0.29, 0.717) is 13.0 Å². The van der Waals surface area contributed by atoms with Crippen LogP contribution in [0.15, 0.2) is 28.7 Å². The summed E-state index contributed by atoms with van der Waals surface area (Å²) in [5.41, 5.74) is 12.0. The highest BCUT2D eigenvalue weighted by atomic mass is 79.9. The number of benzene rings is 1. The predicted molar refractivity (Wildman–Crippen MR) is 89.7 cm³/mol. The fourth-order valence-corrected chi connectivity index (χ4v) is 2.57. The zero-order valence-electron chi connectivity index (χ0n) is 11.9. The van der Waals surface area contributed by atoms with Crippen LogP contribution in [-0.2, 0) is 16.1 Å². The lowest BCUT2D eigenvalue weighted by molar-refractivity contribution is -0.136. The van der Waals surface area contributed by atoms with Gasteiger partial charge in [0.05, 0.1) is 12.6 Å². The van der Waals surface area contributed by atoms with E-state index in [2.05, 4.69) is 15.9 Å². The van der Waals surface area contributed by atoms with Gasteiger partial charge in [-0.1, -0.05) is 28.1 Å². The molecule has 0 bridgehead atoms. The first-order valence-electron chi connectivity index (χ1n) is 6.50. The number of amides is 2. The van der Waals surface area contributed by atoms with E-state index in [1.165, 1.54) is 4.90 Å². The summed E-state index contributed by atoms with van der Waals surface area (Å²) >= 11 is 4.99. The van der Waals surface area contributed by atoms with E-state index in [1.807, 2.05) is 30.5 Å². The molecule has 0 heterocycles. The first kappa shape index (κ1) is 18.0. The average molecular weight is 374 g/mol. The van der Waals surface area contributed by atoms with E-state index in [-0.39, 0.29) is 12.5 Å². The molecule has 21 heavy (non-hydrogen) atoms. The van der Waals surface area contributed by atoms with Gasteiger partial charge in [-0.05, 0) is 36.1 Å². The molecule has 0 aliphatic rings. The summed E-state index contributed by atoms with van der Waals surface area (Å²) in [6.45, 7) is 0.198. The topological polar surface area (TPSA) is 89.4 Å². The highest BCUT2D eigenvalue weighted by molar-refractivity contribution is 9.10. The number of nitrogens with zero attached hydrogens (tertiary/aromatic N) is 1. The Morgan fingerprint density at radius 1 is 1.33 bits per heavy atom. The zero-order chi connectivity index (χ0) is 15.8. The fourth-order valence-electron chi connectivity index (χ4n) is 1.81. The smallest absolute Gasteiger partial charge is 0.240 e. The Kier molecular flexibility index (Phi) is 7.77. The Bertz CT molecular complexity index is 482. The zero-order valence-corrected chi connectivity index (χ0v) is 14.3. The van der Waals surface area contributed by atoms with Crippen molar-refractivity contribution in [3.8, 4) is 0 Å². The Labute approximate surface area is 137 Å². The van der Waals surface area contributed by atoms with E-state index in [9.17, 15) is 9.59 Å². The van der Waals surface area contributed by atoms with Crippen LogP contribution < -0.4 is 11.5 Å². The number of carbonyl (C=O) groups is 2. The fraction of sp³-hybridized carbons (Fsp3) is 0.429. The summed E-state index contributed by atoms with van der Waals surface area (Å²) in [5.74, 6) is 0.0126. The van der Waals surface area contributed by atoms with Crippen LogP contribution in [0.5, 0.6) is 0 Å². The molecule has 0 saturated carbocycles. The number of hydrogen-bond acceptors (Lipinski definition) is 4. The highest BCUT2D eigenvalue weighted by Crippen LogP contribution is 2.13. The second-order valence-corrected chi connectivity index (χ2v) is 6.58. The second kappa shape index (κ2) is 9.07. The molecular formula is C14H20BrN3O2S. The van der Waals surface area contributed by atoms with Gasteiger partial charge >= 0.3 is 0 Å². The van der Waals surface area contributed by atoms with E-state index in [0.717, 1.165) is 15.8 Å². The molecule has 0 aliphatic carbocycles. The van der Waals surface area contributed by atoms with Crippen LogP contribution in [0.4, 0.5) is 0 Å². The van der Waals surface area contributed by atoms with E-state index >= 15 is 0 Å². The normalized spacial score (nSPS) is 12.0. The minimum atomic E-state index is -0.604. The third-order valence-electron chi connectivity index (χ3n) is 2.90. The quantitative estimate of drug-likeness (QED) is 0.719. The summed E-state index contributed by atoms with van der Waals surface area (Å²) in [7, 11) is 0. The number of thioether (sulfide) groups is 1. The minimum Gasteiger partial charge on any atom is -0.368 e. The summed E-state index contributed by atoms with van der Waals surface area (Å²) in [6, 6.07) is 6.94. The van der Waals surface area contributed by atoms with E-state index in [1.54, 1.807) is 11.8 Å². The lowest BCUT2D eigenvalue weighted by Crippen LogP contribution is -2.46. The van der Waals surface area contributed by atoms with Crippen molar-refractivity contribution in [2.45, 2.75) is 19.0 Å². The average Bonchev–Trinajstić information content (AvgIpc) is 2.45. The lowest BCUT2D eigenvalue weighted by atomic mass is 10.1. The third kappa shape index (κ3) is 6.50. The maximum Gasteiger partial charge on any atom is 0.240 e. The van der Waals surface area contributed by atoms with Gasteiger partial charge in [-0.25, -0.2) is 0 Å². The standard InChI is InChI=1S/C14H20BrN3O2S/c1-21-7-6-12(16)14(20)18(9-13(17)19)8-10-2-4-11(15)5-3-10/h2-5,12H,6-9,16H2,1H3,(H2,17,19)/t12-/m1/s1. The van der Waals surface area contributed by atoms with Crippen LogP contribution in [0.25, 0.3) is 0 Å². The SMILES string of the molecule is CSCC[C@@H](N)C(=O)N(CC(N)=O)Cc1ccc(Br)cc1. The second-order valence-electron chi connectivity index (χ2n) is 4.68. The predicted octanol–water partition coefficient (Wildman–Crippen LogP) is 1.34. The molecule has 5 nitrogen and oxygen atoms in total. The van der Waals surface area contributed by atoms with Gasteiger partial charge in [-0.15, -0.1) is 0 Å². The first-order valence-corrected chi connectivity index (χ1v) is 8.68. The van der Waals surface area contributed by atoms with Crippen LogP contribution in [0.1, 0.15) is 12.0 Å². The molecule has 1 atom stereocenters. The van der Waals surface area contributed by atoms with Crippen LogP contribution in [0, 0.1) is 0 Å². The lowest BCUT2D eigenvalue weighted by Gasteiger charge is -2.24. The van der Waals surface area contributed by atoms with Gasteiger partial charge in [0.15, 0.2) is 0 Å². The first-order chi connectivity index (χ1) is 9.93. The van der Waals surface area contributed by atoms with Gasteiger partial charge in [0.1, 0.15) is 0 Å². The third-order valence-corrected chi connectivity index (χ3v) is 4.07. The number of primary amides is 1. The van der Waals surface area contributed by atoms with Crippen molar-refractivity contribution in [1.82, 2.24) is 4.90 Å². The molecule has 7 heteroatoms. The van der Waals surface area contributed by atoms with Gasteiger partial charge in [-0.3, -0.25) is 9.59 Å². The Morgan fingerprint density at radius 2 is 1.95 bits per heavy atom. The molecule has 2 amide bonds. The van der Waals surface area contributed by atoms with Crippen molar-refractivity contribution in [1.29, 1.82) is 0 Å². The minimum absolute atomic E-state index is 0.123. The van der Waals surface area contributed by atoms with Gasteiger partial charge < -0.3 is 16.4 Å². The van der Waals surface area contributed by atoms with Gasteiger partial charge in [0.25, 0.3) is 0 Å². The summed E-state index contributed by atoms with van der Waals surface area (Å²) in [6.07, 6.45) is 2.54. The monoisotopic (exact) mass is 373 g/mol. The molecule has 0 unspecified atom stereocenters. The molecule has 116 valence electrons. The molecule has 0 spiro atoms. The summed E-state index contributed by atoms with van der Waals surface area (Å²) < 4.78 is 0.954. The number of rotatable bonds is 8. The molecule has 1 rings (SSSR count). The molecule has 0 aromatic heterocycles. The largest absolute Gasteiger partial charge is 0.368 e. The van der Waals surface area contributed by atoms with Crippen LogP contribution in [0.3, 0.4) is 0 Å². The maximum atomic E-state index is 12.3. The van der Waals surface area contributed by atoms with Gasteiger partial charge in [-0.2, -0.15) is 11.8 Å². The van der Waals surface area contributed by atoms with Crippen molar-refractivity contribution in [2.24, 2.45) is 11.5 Å². The molecule has 0 aliphatic heterocycles. The van der Waals surface area contributed by atoms with Crippen LogP contribution in [-0.4, -0.2) is 41.3 Å². The van der Waals surface area contributed by atoms with Crippen molar-refractivity contribution in [3.05, 3.63) is 34.3 Å². The molecule has 0 fully saturated rings. The van der Waals surface area contributed by atoms with E-state index in [4.69, 9.17) is 11.5 Å². The maximum absolute atomic E-state index is 12.3. The molecule has 0 radical (unpaired) electrons.